The van der Waals surface area contributed by atoms with Crippen LogP contribution in [0.3, 0.4) is 0 Å². The van der Waals surface area contributed by atoms with Crippen LogP contribution >= 0.6 is 0 Å². The van der Waals surface area contributed by atoms with Gasteiger partial charge >= 0.3 is 5.97 Å². The fourth-order valence-electron chi connectivity index (χ4n) is 4.81. The van der Waals surface area contributed by atoms with Crippen molar-refractivity contribution in [1.82, 2.24) is 0 Å². The number of hydrogen-bond donors (Lipinski definition) is 0. The Balaban J connectivity index is 1.64. The number of ether oxygens (including phenoxy) is 1. The molecule has 2 fully saturated rings. The van der Waals surface area contributed by atoms with Gasteiger partial charge in [0.05, 0.1) is 5.56 Å². The van der Waals surface area contributed by atoms with Crippen molar-refractivity contribution in [3.8, 4) is 11.1 Å². The van der Waals surface area contributed by atoms with Gasteiger partial charge in [-0.15, -0.1) is 0 Å². The van der Waals surface area contributed by atoms with Crippen LogP contribution < -0.4 is 0 Å². The van der Waals surface area contributed by atoms with E-state index < -0.39 is 0 Å². The number of benzene rings is 2. The normalized spacial score (nSPS) is 19.0. The van der Waals surface area contributed by atoms with Crippen LogP contribution in [0.15, 0.2) is 48.5 Å². The molecule has 0 N–H and O–H groups in total. The van der Waals surface area contributed by atoms with E-state index >= 15 is 0 Å². The van der Waals surface area contributed by atoms with E-state index in [0.29, 0.717) is 11.5 Å². The molecular formula is C25H30O2. The molecule has 0 bridgehead atoms. The maximum atomic E-state index is 13.0. The molecule has 142 valence electrons. The smallest absolute Gasteiger partial charge is 0.339 e. The first-order valence-electron chi connectivity index (χ1n) is 10.7. The van der Waals surface area contributed by atoms with E-state index in [1.165, 1.54) is 62.5 Å². The van der Waals surface area contributed by atoms with Crippen molar-refractivity contribution >= 4 is 5.97 Å². The molecule has 2 heteroatoms. The second kappa shape index (κ2) is 8.73. The van der Waals surface area contributed by atoms with Crippen LogP contribution in [0.5, 0.6) is 0 Å². The van der Waals surface area contributed by atoms with E-state index in [1.807, 2.05) is 18.2 Å². The summed E-state index contributed by atoms with van der Waals surface area (Å²) < 4.78 is 5.89. The lowest BCUT2D eigenvalue weighted by Gasteiger charge is -2.25. The molecule has 2 aliphatic rings. The first-order chi connectivity index (χ1) is 13.3. The molecular weight excluding hydrogens is 332 g/mol. The maximum absolute atomic E-state index is 13.0. The summed E-state index contributed by atoms with van der Waals surface area (Å²) in [6.45, 7) is 0. The quantitative estimate of drug-likeness (QED) is 0.553. The number of carbonyl (C=O) groups is 1. The average Bonchev–Trinajstić information content (AvgIpc) is 2.75. The Hall–Kier alpha value is -2.09. The molecule has 2 aromatic rings. The van der Waals surface area contributed by atoms with Crippen molar-refractivity contribution in [1.29, 1.82) is 0 Å². The Morgan fingerprint density at radius 1 is 0.704 bits per heavy atom. The van der Waals surface area contributed by atoms with E-state index in [4.69, 9.17) is 4.74 Å². The highest BCUT2D eigenvalue weighted by molar-refractivity contribution is 5.97. The van der Waals surface area contributed by atoms with Gasteiger partial charge in [-0.25, -0.2) is 4.79 Å². The van der Waals surface area contributed by atoms with E-state index in [1.54, 1.807) is 0 Å². The molecule has 2 aliphatic carbocycles. The molecule has 0 radical (unpaired) electrons. The van der Waals surface area contributed by atoms with Gasteiger partial charge < -0.3 is 4.74 Å². The third-order valence-corrected chi connectivity index (χ3v) is 6.27. The highest BCUT2D eigenvalue weighted by Gasteiger charge is 2.24. The molecule has 0 heterocycles. The van der Waals surface area contributed by atoms with Crippen LogP contribution in [0, 0.1) is 0 Å². The number of carbonyl (C=O) groups excluding carboxylic acids is 1. The lowest BCUT2D eigenvalue weighted by atomic mass is 9.80. The summed E-state index contributed by atoms with van der Waals surface area (Å²) in [7, 11) is 0. The molecule has 0 amide bonds. The van der Waals surface area contributed by atoms with E-state index in [9.17, 15) is 4.79 Å². The summed E-state index contributed by atoms with van der Waals surface area (Å²) in [5.74, 6) is 0.452. The van der Waals surface area contributed by atoms with Crippen molar-refractivity contribution in [2.75, 3.05) is 0 Å². The molecule has 0 saturated heterocycles. The third-order valence-electron chi connectivity index (χ3n) is 6.27. The fraction of sp³-hybridized carbons (Fsp3) is 0.480. The topological polar surface area (TPSA) is 26.3 Å². The van der Waals surface area contributed by atoms with Gasteiger partial charge in [0.1, 0.15) is 6.10 Å². The van der Waals surface area contributed by atoms with Gasteiger partial charge in [0.2, 0.25) is 0 Å². The van der Waals surface area contributed by atoms with Gasteiger partial charge in [-0.1, -0.05) is 68.1 Å². The van der Waals surface area contributed by atoms with Gasteiger partial charge in [-0.2, -0.15) is 0 Å². The number of rotatable bonds is 4. The largest absolute Gasteiger partial charge is 0.459 e. The fourth-order valence-corrected chi connectivity index (χ4v) is 4.81. The second-order valence-electron chi connectivity index (χ2n) is 8.13. The van der Waals surface area contributed by atoms with Gasteiger partial charge in [0.15, 0.2) is 0 Å². The molecule has 0 unspecified atom stereocenters. The summed E-state index contributed by atoms with van der Waals surface area (Å²) in [6.07, 6.45) is 12.2. The molecule has 2 saturated carbocycles. The molecule has 2 aromatic carbocycles. The predicted octanol–water partition coefficient (Wildman–Crippen LogP) is 6.89. The highest BCUT2D eigenvalue weighted by atomic mass is 16.5. The molecule has 27 heavy (non-hydrogen) atoms. The monoisotopic (exact) mass is 362 g/mol. The summed E-state index contributed by atoms with van der Waals surface area (Å²) in [5.41, 5.74) is 4.35. The molecule has 2 nitrogen and oxygen atoms in total. The Kier molecular flexibility index (Phi) is 5.91. The van der Waals surface area contributed by atoms with Crippen LogP contribution in [0.4, 0.5) is 0 Å². The van der Waals surface area contributed by atoms with Crippen LogP contribution in [0.2, 0.25) is 0 Å². The first kappa shape index (κ1) is 18.3. The Bertz CT molecular complexity index is 767. The Morgan fingerprint density at radius 2 is 1.30 bits per heavy atom. The van der Waals surface area contributed by atoms with Crippen LogP contribution in [-0.2, 0) is 4.74 Å². The number of esters is 1. The summed E-state index contributed by atoms with van der Waals surface area (Å²) in [5, 5.41) is 0. The zero-order chi connectivity index (χ0) is 18.5. The van der Waals surface area contributed by atoms with E-state index in [0.717, 1.165) is 18.4 Å². The summed E-state index contributed by atoms with van der Waals surface area (Å²) >= 11 is 0. The van der Waals surface area contributed by atoms with Crippen molar-refractivity contribution in [3.63, 3.8) is 0 Å². The molecule has 0 spiro atoms. The standard InChI is InChI=1S/C25H30O2/c26-25(27-20-13-5-2-6-14-20)24-18-10-9-17-23(24)22-16-8-7-15-21(22)19-11-3-1-4-12-19/h7-10,15-20H,1-6,11-14H2. The minimum absolute atomic E-state index is 0.0906. The van der Waals surface area contributed by atoms with E-state index in [2.05, 4.69) is 30.3 Å². The van der Waals surface area contributed by atoms with Crippen molar-refractivity contribution in [3.05, 3.63) is 59.7 Å². The molecule has 4 rings (SSSR count). The zero-order valence-corrected chi connectivity index (χ0v) is 16.2. The molecule has 0 aliphatic heterocycles. The summed E-state index contributed by atoms with van der Waals surface area (Å²) in [6, 6.07) is 16.7. The van der Waals surface area contributed by atoms with Gasteiger partial charge in [-0.3, -0.25) is 0 Å². The Morgan fingerprint density at radius 3 is 2.04 bits per heavy atom. The van der Waals surface area contributed by atoms with Crippen LogP contribution in [-0.4, -0.2) is 12.1 Å². The molecule has 0 aromatic heterocycles. The molecule has 0 atom stereocenters. The van der Waals surface area contributed by atoms with Gasteiger partial charge in [0, 0.05) is 0 Å². The number of hydrogen-bond acceptors (Lipinski definition) is 2. The average molecular weight is 363 g/mol. The zero-order valence-electron chi connectivity index (χ0n) is 16.2. The van der Waals surface area contributed by atoms with E-state index in [-0.39, 0.29) is 12.1 Å². The third kappa shape index (κ3) is 4.26. The lowest BCUT2D eigenvalue weighted by Crippen LogP contribution is -2.21. The minimum Gasteiger partial charge on any atom is -0.459 e. The second-order valence-corrected chi connectivity index (χ2v) is 8.13. The highest BCUT2D eigenvalue weighted by Crippen LogP contribution is 2.39. The van der Waals surface area contributed by atoms with Crippen molar-refractivity contribution < 1.29 is 9.53 Å². The Labute approximate surface area is 162 Å². The van der Waals surface area contributed by atoms with Gasteiger partial charge in [-0.05, 0) is 67.2 Å². The summed E-state index contributed by atoms with van der Waals surface area (Å²) in [4.78, 5) is 13.0. The van der Waals surface area contributed by atoms with Crippen LogP contribution in [0.1, 0.15) is 86.0 Å². The maximum Gasteiger partial charge on any atom is 0.339 e. The minimum atomic E-state index is -0.157. The lowest BCUT2D eigenvalue weighted by molar-refractivity contribution is 0.0212. The first-order valence-corrected chi connectivity index (χ1v) is 10.7. The predicted molar refractivity (Wildman–Crippen MR) is 110 cm³/mol. The van der Waals surface area contributed by atoms with Gasteiger partial charge in [0.25, 0.3) is 0 Å². The van der Waals surface area contributed by atoms with Crippen molar-refractivity contribution in [2.24, 2.45) is 0 Å². The van der Waals surface area contributed by atoms with Crippen molar-refractivity contribution in [2.45, 2.75) is 76.2 Å². The van der Waals surface area contributed by atoms with Crippen LogP contribution in [0.25, 0.3) is 11.1 Å². The SMILES string of the molecule is O=C(OC1CCCCC1)c1ccccc1-c1ccccc1C1CCCCC1.